The van der Waals surface area contributed by atoms with Crippen LogP contribution in [0.3, 0.4) is 0 Å². The Morgan fingerprint density at radius 2 is 1.95 bits per heavy atom. The average Bonchev–Trinajstić information content (AvgIpc) is 2.45. The highest BCUT2D eigenvalue weighted by atomic mass is 16.5. The predicted octanol–water partition coefficient (Wildman–Crippen LogP) is 3.04. The van der Waals surface area contributed by atoms with Crippen LogP contribution in [0.5, 0.6) is 5.88 Å². The number of hydrogen-bond acceptors (Lipinski definition) is 5. The molecule has 0 aliphatic carbocycles. The summed E-state index contributed by atoms with van der Waals surface area (Å²) in [4.78, 5) is 10.8. The summed E-state index contributed by atoms with van der Waals surface area (Å²) in [6.45, 7) is 6.04. The van der Waals surface area contributed by atoms with Gasteiger partial charge in [-0.3, -0.25) is 0 Å². The smallest absolute Gasteiger partial charge is 0.228 e. The molecule has 0 radical (unpaired) electrons. The van der Waals surface area contributed by atoms with Crippen LogP contribution in [0.15, 0.2) is 36.5 Å². The molecule has 5 heteroatoms. The van der Waals surface area contributed by atoms with Crippen molar-refractivity contribution in [3.8, 4) is 5.88 Å². The molecular formula is C16H22N4O. The topological polar surface area (TPSA) is 64.3 Å². The summed E-state index contributed by atoms with van der Waals surface area (Å²) in [5.74, 6) is 1.21. The van der Waals surface area contributed by atoms with Gasteiger partial charge in [-0.1, -0.05) is 12.1 Å². The largest absolute Gasteiger partial charge is 0.475 e. The quantitative estimate of drug-likeness (QED) is 0.856. The fourth-order valence-corrected chi connectivity index (χ4v) is 2.03. The van der Waals surface area contributed by atoms with Crippen molar-refractivity contribution >= 4 is 11.6 Å². The predicted molar refractivity (Wildman–Crippen MR) is 85.5 cm³/mol. The van der Waals surface area contributed by atoms with Crippen LogP contribution in [-0.2, 0) is 0 Å². The number of ether oxygens (including phenoxy) is 1. The van der Waals surface area contributed by atoms with Crippen LogP contribution in [0.2, 0.25) is 0 Å². The molecule has 2 aromatic rings. The Bertz CT molecular complexity index is 600. The van der Waals surface area contributed by atoms with E-state index in [1.54, 1.807) is 12.3 Å². The molecule has 0 bridgehead atoms. The van der Waals surface area contributed by atoms with Crippen molar-refractivity contribution in [1.82, 2.24) is 9.97 Å². The first-order valence-corrected chi connectivity index (χ1v) is 7.05. The molecule has 0 amide bonds. The lowest BCUT2D eigenvalue weighted by Gasteiger charge is -2.25. The molecule has 0 saturated heterocycles. The van der Waals surface area contributed by atoms with Crippen LogP contribution >= 0.6 is 0 Å². The minimum atomic E-state index is 0.0874. The van der Waals surface area contributed by atoms with E-state index >= 15 is 0 Å². The Balaban J connectivity index is 2.21. The first-order chi connectivity index (χ1) is 9.97. The summed E-state index contributed by atoms with van der Waals surface area (Å²) in [5, 5.41) is 0. The van der Waals surface area contributed by atoms with E-state index in [-0.39, 0.29) is 12.1 Å². The van der Waals surface area contributed by atoms with Crippen molar-refractivity contribution < 1.29 is 4.74 Å². The van der Waals surface area contributed by atoms with E-state index < -0.39 is 0 Å². The van der Waals surface area contributed by atoms with Gasteiger partial charge in [0.15, 0.2) is 0 Å². The van der Waals surface area contributed by atoms with E-state index in [0.29, 0.717) is 11.8 Å². The van der Waals surface area contributed by atoms with Crippen LogP contribution in [0.4, 0.5) is 11.6 Å². The molecule has 0 fully saturated rings. The van der Waals surface area contributed by atoms with E-state index in [2.05, 4.69) is 16.9 Å². The third kappa shape index (κ3) is 3.84. The Morgan fingerprint density at radius 1 is 1.19 bits per heavy atom. The van der Waals surface area contributed by atoms with Gasteiger partial charge >= 0.3 is 0 Å². The highest BCUT2D eigenvalue weighted by molar-refractivity contribution is 5.44. The Labute approximate surface area is 125 Å². The monoisotopic (exact) mass is 286 g/mol. The molecule has 0 saturated carbocycles. The maximum atomic E-state index is 5.84. The molecular weight excluding hydrogens is 264 g/mol. The molecule has 5 nitrogen and oxygen atoms in total. The summed E-state index contributed by atoms with van der Waals surface area (Å²) in [6, 6.07) is 9.73. The van der Waals surface area contributed by atoms with Gasteiger partial charge in [0.05, 0.1) is 12.1 Å². The average molecular weight is 286 g/mol. The molecule has 1 aromatic heterocycles. The zero-order valence-corrected chi connectivity index (χ0v) is 12.9. The van der Waals surface area contributed by atoms with Gasteiger partial charge in [-0.25, -0.2) is 4.98 Å². The summed E-state index contributed by atoms with van der Waals surface area (Å²) in [6.07, 6.45) is 1.80. The fourth-order valence-electron chi connectivity index (χ4n) is 2.03. The first-order valence-electron chi connectivity index (χ1n) is 7.05. The third-order valence-corrected chi connectivity index (χ3v) is 3.26. The normalized spacial score (nSPS) is 12.2. The number of hydrogen-bond donors (Lipinski definition) is 1. The molecule has 1 atom stereocenters. The molecule has 21 heavy (non-hydrogen) atoms. The molecule has 1 heterocycles. The van der Waals surface area contributed by atoms with Gasteiger partial charge in [-0.15, -0.1) is 0 Å². The Hall–Kier alpha value is -2.30. The van der Waals surface area contributed by atoms with E-state index in [0.717, 1.165) is 11.3 Å². The van der Waals surface area contributed by atoms with E-state index in [1.807, 2.05) is 50.1 Å². The maximum Gasteiger partial charge on any atom is 0.228 e. The molecule has 112 valence electrons. The molecule has 2 rings (SSSR count). The summed E-state index contributed by atoms with van der Waals surface area (Å²) < 4.78 is 5.61. The molecule has 0 aliphatic rings. The fraction of sp³-hybridized carbons (Fsp3) is 0.375. The SMILES string of the molecule is CC(C)Oc1ccnc(N(C)C(C)c2cccc(N)c2)n1. The summed E-state index contributed by atoms with van der Waals surface area (Å²) in [7, 11) is 1.96. The van der Waals surface area contributed by atoms with Crippen LogP contribution in [-0.4, -0.2) is 23.1 Å². The number of aromatic nitrogens is 2. The third-order valence-electron chi connectivity index (χ3n) is 3.26. The van der Waals surface area contributed by atoms with Crippen molar-refractivity contribution in [3.63, 3.8) is 0 Å². The van der Waals surface area contributed by atoms with Gasteiger partial charge in [0, 0.05) is 25.0 Å². The minimum Gasteiger partial charge on any atom is -0.475 e. The number of nitrogen functional groups attached to an aromatic ring is 1. The number of nitrogens with zero attached hydrogens (tertiary/aromatic N) is 3. The van der Waals surface area contributed by atoms with Gasteiger partial charge in [0.2, 0.25) is 11.8 Å². The number of benzene rings is 1. The zero-order chi connectivity index (χ0) is 15.4. The second-order valence-electron chi connectivity index (χ2n) is 5.32. The Morgan fingerprint density at radius 3 is 2.62 bits per heavy atom. The van der Waals surface area contributed by atoms with Crippen molar-refractivity contribution in [3.05, 3.63) is 42.1 Å². The highest BCUT2D eigenvalue weighted by Gasteiger charge is 2.15. The first kappa shape index (κ1) is 15.1. The lowest BCUT2D eigenvalue weighted by Crippen LogP contribution is -2.24. The summed E-state index contributed by atoms with van der Waals surface area (Å²) >= 11 is 0. The zero-order valence-electron chi connectivity index (χ0n) is 12.9. The van der Waals surface area contributed by atoms with E-state index in [1.165, 1.54) is 0 Å². The number of rotatable bonds is 5. The van der Waals surface area contributed by atoms with Gasteiger partial charge in [-0.05, 0) is 38.5 Å². The number of nitrogens with two attached hydrogens (primary N) is 1. The van der Waals surface area contributed by atoms with Crippen molar-refractivity contribution in [1.29, 1.82) is 0 Å². The van der Waals surface area contributed by atoms with Gasteiger partial charge in [0.1, 0.15) is 0 Å². The molecule has 2 N–H and O–H groups in total. The second kappa shape index (κ2) is 6.43. The van der Waals surface area contributed by atoms with Crippen molar-refractivity contribution in [2.24, 2.45) is 0 Å². The molecule has 1 unspecified atom stereocenters. The van der Waals surface area contributed by atoms with Crippen LogP contribution in [0.25, 0.3) is 0 Å². The van der Waals surface area contributed by atoms with Gasteiger partial charge in [-0.2, -0.15) is 4.98 Å². The standard InChI is InChI=1S/C16H22N4O/c1-11(2)21-15-8-9-18-16(19-15)20(4)12(3)13-6-5-7-14(17)10-13/h5-12H,17H2,1-4H3. The summed E-state index contributed by atoms with van der Waals surface area (Å²) in [5.41, 5.74) is 7.72. The maximum absolute atomic E-state index is 5.84. The molecule has 0 spiro atoms. The molecule has 1 aromatic carbocycles. The number of anilines is 2. The highest BCUT2D eigenvalue weighted by Crippen LogP contribution is 2.24. The Kier molecular flexibility index (Phi) is 4.62. The van der Waals surface area contributed by atoms with Gasteiger partial charge < -0.3 is 15.4 Å². The van der Waals surface area contributed by atoms with Gasteiger partial charge in [0.25, 0.3) is 0 Å². The van der Waals surface area contributed by atoms with E-state index in [4.69, 9.17) is 10.5 Å². The molecule has 0 aliphatic heterocycles. The second-order valence-corrected chi connectivity index (χ2v) is 5.32. The minimum absolute atomic E-state index is 0.0874. The van der Waals surface area contributed by atoms with Crippen molar-refractivity contribution in [2.75, 3.05) is 17.7 Å². The lowest BCUT2D eigenvalue weighted by atomic mass is 10.1. The van der Waals surface area contributed by atoms with Crippen molar-refractivity contribution in [2.45, 2.75) is 32.9 Å². The lowest BCUT2D eigenvalue weighted by molar-refractivity contribution is 0.232. The van der Waals surface area contributed by atoms with Crippen LogP contribution in [0.1, 0.15) is 32.4 Å². The van der Waals surface area contributed by atoms with E-state index in [9.17, 15) is 0 Å². The van der Waals surface area contributed by atoms with Crippen LogP contribution in [0, 0.1) is 0 Å². The van der Waals surface area contributed by atoms with Crippen LogP contribution < -0.4 is 15.4 Å².